The fourth-order valence-corrected chi connectivity index (χ4v) is 1.95. The quantitative estimate of drug-likeness (QED) is 0.821. The van der Waals surface area contributed by atoms with E-state index in [-0.39, 0.29) is 23.8 Å². The topological polar surface area (TPSA) is 26.3 Å². The highest BCUT2D eigenvalue weighted by Gasteiger charge is 2.07. The molecule has 5 heteroatoms. The summed E-state index contributed by atoms with van der Waals surface area (Å²) in [6.45, 7) is -0.0589. The third kappa shape index (κ3) is 4.22. The second-order valence-electron chi connectivity index (χ2n) is 4.21. The Morgan fingerprint density at radius 1 is 1.10 bits per heavy atom. The van der Waals surface area contributed by atoms with E-state index in [2.05, 4.69) is 0 Å². The second kappa shape index (κ2) is 6.73. The van der Waals surface area contributed by atoms with Crippen molar-refractivity contribution in [2.24, 2.45) is 0 Å². The Kier molecular flexibility index (Phi) is 4.99. The van der Waals surface area contributed by atoms with E-state index in [4.69, 9.17) is 27.9 Å². The molecule has 0 unspecified atom stereocenters. The summed E-state index contributed by atoms with van der Waals surface area (Å²) in [7, 11) is 0. The molecule has 0 radical (unpaired) electrons. The number of carbonyl (C=O) groups is 1. The van der Waals surface area contributed by atoms with E-state index in [0.717, 1.165) is 0 Å². The zero-order valence-corrected chi connectivity index (χ0v) is 11.9. The Labute approximate surface area is 126 Å². The second-order valence-corrected chi connectivity index (χ2v) is 5.05. The first-order valence-corrected chi connectivity index (χ1v) is 6.64. The highest BCUT2D eigenvalue weighted by molar-refractivity contribution is 6.31. The van der Waals surface area contributed by atoms with Gasteiger partial charge in [-0.25, -0.2) is 4.39 Å². The van der Waals surface area contributed by atoms with Crippen LogP contribution in [0, 0.1) is 5.82 Å². The molecule has 0 heterocycles. The molecule has 20 heavy (non-hydrogen) atoms. The van der Waals surface area contributed by atoms with Gasteiger partial charge in [-0.1, -0.05) is 29.3 Å². The fraction of sp³-hybridized carbons (Fsp3) is 0.133. The molecular formula is C15H11Cl2FO2. The van der Waals surface area contributed by atoms with E-state index in [1.165, 1.54) is 18.2 Å². The van der Waals surface area contributed by atoms with Crippen LogP contribution in [0.5, 0.6) is 5.75 Å². The van der Waals surface area contributed by atoms with Gasteiger partial charge < -0.3 is 4.74 Å². The fourth-order valence-electron chi connectivity index (χ4n) is 1.62. The average molecular weight is 313 g/mol. The van der Waals surface area contributed by atoms with E-state index in [1.54, 1.807) is 24.3 Å². The van der Waals surface area contributed by atoms with Gasteiger partial charge in [-0.3, -0.25) is 4.79 Å². The van der Waals surface area contributed by atoms with E-state index in [0.29, 0.717) is 16.3 Å². The molecule has 0 saturated carbocycles. The standard InChI is InChI=1S/C15H11Cl2FO2/c16-11-2-4-13(5-3-11)20-9-12(19)7-10-1-6-15(18)14(17)8-10/h1-6,8H,7,9H2. The molecule has 2 nitrogen and oxygen atoms in total. The summed E-state index contributed by atoms with van der Waals surface area (Å²) in [6, 6.07) is 10.9. The van der Waals surface area contributed by atoms with Gasteiger partial charge >= 0.3 is 0 Å². The summed E-state index contributed by atoms with van der Waals surface area (Å²) in [5.74, 6) is -0.0530. The lowest BCUT2D eigenvalue weighted by molar-refractivity contribution is -0.120. The smallest absolute Gasteiger partial charge is 0.174 e. The molecule has 0 atom stereocenters. The third-order valence-corrected chi connectivity index (χ3v) is 3.14. The molecule has 0 amide bonds. The highest BCUT2D eigenvalue weighted by Crippen LogP contribution is 2.17. The van der Waals surface area contributed by atoms with Crippen molar-refractivity contribution in [2.45, 2.75) is 6.42 Å². The number of carbonyl (C=O) groups excluding carboxylic acids is 1. The van der Waals surface area contributed by atoms with Gasteiger partial charge in [0.15, 0.2) is 5.78 Å². The van der Waals surface area contributed by atoms with Crippen molar-refractivity contribution >= 4 is 29.0 Å². The first-order chi connectivity index (χ1) is 9.54. The van der Waals surface area contributed by atoms with E-state index >= 15 is 0 Å². The van der Waals surface area contributed by atoms with Crippen LogP contribution >= 0.6 is 23.2 Å². The highest BCUT2D eigenvalue weighted by atomic mass is 35.5. The van der Waals surface area contributed by atoms with Crippen LogP contribution in [0.15, 0.2) is 42.5 Å². The molecule has 0 aromatic heterocycles. The third-order valence-electron chi connectivity index (χ3n) is 2.60. The van der Waals surface area contributed by atoms with Gasteiger partial charge in [0, 0.05) is 11.4 Å². The normalized spacial score (nSPS) is 10.3. The van der Waals surface area contributed by atoms with Gasteiger partial charge in [-0.2, -0.15) is 0 Å². The first kappa shape index (κ1) is 14.8. The summed E-state index contributed by atoms with van der Waals surface area (Å²) < 4.78 is 18.3. The van der Waals surface area contributed by atoms with Crippen molar-refractivity contribution in [3.63, 3.8) is 0 Å². The van der Waals surface area contributed by atoms with Crippen LogP contribution < -0.4 is 4.74 Å². The Hall–Kier alpha value is -1.58. The minimum Gasteiger partial charge on any atom is -0.486 e. The van der Waals surface area contributed by atoms with Crippen molar-refractivity contribution in [2.75, 3.05) is 6.61 Å². The lowest BCUT2D eigenvalue weighted by Gasteiger charge is -2.06. The minimum atomic E-state index is -0.500. The van der Waals surface area contributed by atoms with E-state index in [1.807, 2.05) is 0 Å². The van der Waals surface area contributed by atoms with Gasteiger partial charge in [0.2, 0.25) is 0 Å². The molecule has 0 fully saturated rings. The SMILES string of the molecule is O=C(COc1ccc(Cl)cc1)Cc1ccc(F)c(Cl)c1. The summed E-state index contributed by atoms with van der Waals surface area (Å²) in [6.07, 6.45) is 0.146. The van der Waals surface area contributed by atoms with E-state index in [9.17, 15) is 9.18 Å². The van der Waals surface area contributed by atoms with Gasteiger partial charge in [0.05, 0.1) is 5.02 Å². The van der Waals surface area contributed by atoms with Crippen molar-refractivity contribution in [3.05, 3.63) is 63.9 Å². The molecule has 0 N–H and O–H groups in total. The number of ether oxygens (including phenoxy) is 1. The average Bonchev–Trinajstić information content (AvgIpc) is 2.42. The summed E-state index contributed by atoms with van der Waals surface area (Å²) in [5, 5.41) is 0.610. The van der Waals surface area contributed by atoms with Crippen LogP contribution in [0.25, 0.3) is 0 Å². The first-order valence-electron chi connectivity index (χ1n) is 5.88. The van der Waals surface area contributed by atoms with Gasteiger partial charge in [0.25, 0.3) is 0 Å². The predicted molar refractivity (Wildman–Crippen MR) is 77.1 cm³/mol. The maximum atomic E-state index is 13.0. The van der Waals surface area contributed by atoms with Crippen LogP contribution in [0.3, 0.4) is 0 Å². The zero-order chi connectivity index (χ0) is 14.5. The number of rotatable bonds is 5. The largest absolute Gasteiger partial charge is 0.486 e. The number of hydrogen-bond acceptors (Lipinski definition) is 2. The Bertz CT molecular complexity index is 612. The number of halogens is 3. The predicted octanol–water partition coefficient (Wildman–Crippen LogP) is 4.32. The summed E-state index contributed by atoms with van der Waals surface area (Å²) in [4.78, 5) is 11.8. The minimum absolute atomic E-state index is 0.00826. The molecule has 0 aliphatic carbocycles. The number of Topliss-reactive ketones (excluding diaryl/α,β-unsaturated/α-hetero) is 1. The zero-order valence-electron chi connectivity index (χ0n) is 10.4. The molecule has 0 bridgehead atoms. The Morgan fingerprint density at radius 3 is 2.45 bits per heavy atom. The van der Waals surface area contributed by atoms with Gasteiger partial charge in [-0.05, 0) is 42.0 Å². The van der Waals surface area contributed by atoms with Crippen molar-refractivity contribution in [3.8, 4) is 5.75 Å². The van der Waals surface area contributed by atoms with Crippen LogP contribution in [0.2, 0.25) is 10.0 Å². The van der Waals surface area contributed by atoms with Crippen molar-refractivity contribution < 1.29 is 13.9 Å². The van der Waals surface area contributed by atoms with Gasteiger partial charge in [0.1, 0.15) is 18.2 Å². The van der Waals surface area contributed by atoms with Crippen molar-refractivity contribution in [1.82, 2.24) is 0 Å². The molecule has 0 spiro atoms. The van der Waals surface area contributed by atoms with Crippen LogP contribution in [-0.2, 0) is 11.2 Å². The molecule has 2 aromatic carbocycles. The molecular weight excluding hydrogens is 302 g/mol. The monoisotopic (exact) mass is 312 g/mol. The van der Waals surface area contributed by atoms with Gasteiger partial charge in [-0.15, -0.1) is 0 Å². The molecule has 0 saturated heterocycles. The Morgan fingerprint density at radius 2 is 1.80 bits per heavy atom. The molecule has 104 valence electrons. The summed E-state index contributed by atoms with van der Waals surface area (Å²) in [5.41, 5.74) is 0.654. The van der Waals surface area contributed by atoms with Crippen molar-refractivity contribution in [1.29, 1.82) is 0 Å². The van der Waals surface area contributed by atoms with Crippen LogP contribution in [0.4, 0.5) is 4.39 Å². The number of hydrogen-bond donors (Lipinski definition) is 0. The summed E-state index contributed by atoms with van der Waals surface area (Å²) >= 11 is 11.4. The molecule has 2 rings (SSSR count). The maximum absolute atomic E-state index is 13.0. The maximum Gasteiger partial charge on any atom is 0.174 e. The van der Waals surface area contributed by atoms with Crippen LogP contribution in [-0.4, -0.2) is 12.4 Å². The van der Waals surface area contributed by atoms with E-state index < -0.39 is 5.82 Å². The number of benzene rings is 2. The molecule has 0 aliphatic heterocycles. The lowest BCUT2D eigenvalue weighted by Crippen LogP contribution is -2.13. The Balaban J connectivity index is 1.89. The lowest BCUT2D eigenvalue weighted by atomic mass is 10.1. The molecule has 2 aromatic rings. The van der Waals surface area contributed by atoms with Crippen LogP contribution in [0.1, 0.15) is 5.56 Å². The molecule has 0 aliphatic rings. The number of ketones is 1.